The predicted molar refractivity (Wildman–Crippen MR) is 113 cm³/mol. The Morgan fingerprint density at radius 1 is 1.20 bits per heavy atom. The second kappa shape index (κ2) is 8.24. The van der Waals surface area contributed by atoms with Crippen LogP contribution >= 0.6 is 0 Å². The van der Waals surface area contributed by atoms with Crippen molar-refractivity contribution in [1.29, 1.82) is 0 Å². The maximum atomic E-state index is 12.6. The summed E-state index contributed by atoms with van der Waals surface area (Å²) >= 11 is 0. The highest BCUT2D eigenvalue weighted by molar-refractivity contribution is 5.81. The second-order valence-electron chi connectivity index (χ2n) is 6.91. The Hall–Kier alpha value is -3.87. The number of aryl methyl sites for hydroxylation is 1. The molecule has 7 nitrogen and oxygen atoms in total. The van der Waals surface area contributed by atoms with Gasteiger partial charge in [-0.1, -0.05) is 18.2 Å². The SMILES string of the molecule is Cc1nccn1-c1ccccc1CNC(=O)C(C)Oc1ccc2ccc(=O)oc2c1. The number of para-hydroxylation sites is 1. The Bertz CT molecular complexity index is 1260. The van der Waals surface area contributed by atoms with Gasteiger partial charge in [-0.3, -0.25) is 4.79 Å². The second-order valence-corrected chi connectivity index (χ2v) is 6.91. The van der Waals surface area contributed by atoms with Gasteiger partial charge in [0.2, 0.25) is 0 Å². The van der Waals surface area contributed by atoms with Gasteiger partial charge in [0.1, 0.15) is 17.2 Å². The van der Waals surface area contributed by atoms with Crippen LogP contribution in [0.5, 0.6) is 5.75 Å². The van der Waals surface area contributed by atoms with Crippen LogP contribution in [-0.2, 0) is 11.3 Å². The lowest BCUT2D eigenvalue weighted by atomic mass is 10.1. The molecule has 0 radical (unpaired) electrons. The number of hydrogen-bond acceptors (Lipinski definition) is 5. The quantitative estimate of drug-likeness (QED) is 0.499. The molecule has 1 N–H and O–H groups in total. The molecule has 0 aliphatic rings. The van der Waals surface area contributed by atoms with Gasteiger partial charge in [-0.25, -0.2) is 9.78 Å². The average molecular weight is 403 g/mol. The first kappa shape index (κ1) is 19.4. The Labute approximate surface area is 172 Å². The topological polar surface area (TPSA) is 86.4 Å². The maximum absolute atomic E-state index is 12.6. The van der Waals surface area contributed by atoms with Crippen LogP contribution in [0.2, 0.25) is 0 Å². The number of carbonyl (C=O) groups excluding carboxylic acids is 1. The van der Waals surface area contributed by atoms with Crippen LogP contribution in [0.15, 0.2) is 76.2 Å². The van der Waals surface area contributed by atoms with E-state index in [2.05, 4.69) is 10.3 Å². The zero-order valence-corrected chi connectivity index (χ0v) is 16.7. The molecule has 0 bridgehead atoms. The largest absolute Gasteiger partial charge is 0.481 e. The van der Waals surface area contributed by atoms with Crippen LogP contribution in [0.1, 0.15) is 18.3 Å². The number of aromatic nitrogens is 2. The molecular weight excluding hydrogens is 382 g/mol. The van der Waals surface area contributed by atoms with Crippen LogP contribution in [0.3, 0.4) is 0 Å². The zero-order chi connectivity index (χ0) is 21.1. The van der Waals surface area contributed by atoms with Gasteiger partial charge in [0.05, 0.1) is 5.69 Å². The summed E-state index contributed by atoms with van der Waals surface area (Å²) in [5.41, 5.74) is 1.91. The van der Waals surface area contributed by atoms with Crippen molar-refractivity contribution in [1.82, 2.24) is 14.9 Å². The molecule has 2 aromatic carbocycles. The number of ether oxygens (including phenoxy) is 1. The van der Waals surface area contributed by atoms with Gasteiger partial charge in [0.15, 0.2) is 6.10 Å². The summed E-state index contributed by atoms with van der Waals surface area (Å²) in [5.74, 6) is 1.07. The highest BCUT2D eigenvalue weighted by atomic mass is 16.5. The molecule has 0 aliphatic heterocycles. The van der Waals surface area contributed by atoms with Gasteiger partial charge < -0.3 is 19.0 Å². The van der Waals surface area contributed by atoms with E-state index in [9.17, 15) is 9.59 Å². The van der Waals surface area contributed by atoms with Gasteiger partial charge in [0.25, 0.3) is 5.91 Å². The number of imidazole rings is 1. The van der Waals surface area contributed by atoms with E-state index in [0.29, 0.717) is 17.9 Å². The number of amides is 1. The number of fused-ring (bicyclic) bond motifs is 1. The molecule has 0 fully saturated rings. The van der Waals surface area contributed by atoms with E-state index >= 15 is 0 Å². The lowest BCUT2D eigenvalue weighted by molar-refractivity contribution is -0.127. The molecule has 0 aliphatic carbocycles. The monoisotopic (exact) mass is 403 g/mol. The number of benzene rings is 2. The van der Waals surface area contributed by atoms with Gasteiger partial charge in [-0.05, 0) is 43.7 Å². The third kappa shape index (κ3) is 4.10. The summed E-state index contributed by atoms with van der Waals surface area (Å²) in [4.78, 5) is 28.2. The summed E-state index contributed by atoms with van der Waals surface area (Å²) in [5, 5.41) is 3.70. The molecule has 1 unspecified atom stereocenters. The first-order valence-electron chi connectivity index (χ1n) is 9.58. The third-order valence-electron chi connectivity index (χ3n) is 4.81. The van der Waals surface area contributed by atoms with Gasteiger partial charge in [-0.15, -0.1) is 0 Å². The fraction of sp³-hybridized carbons (Fsp3) is 0.174. The van der Waals surface area contributed by atoms with E-state index in [1.807, 2.05) is 42.0 Å². The fourth-order valence-electron chi connectivity index (χ4n) is 3.23. The zero-order valence-electron chi connectivity index (χ0n) is 16.7. The maximum Gasteiger partial charge on any atom is 0.336 e. The Kier molecular flexibility index (Phi) is 5.34. The van der Waals surface area contributed by atoms with Crippen LogP contribution in [-0.4, -0.2) is 21.6 Å². The summed E-state index contributed by atoms with van der Waals surface area (Å²) in [6.45, 7) is 3.95. The highest BCUT2D eigenvalue weighted by Crippen LogP contribution is 2.21. The van der Waals surface area contributed by atoms with Crippen LogP contribution < -0.4 is 15.7 Å². The molecule has 2 aromatic heterocycles. The third-order valence-corrected chi connectivity index (χ3v) is 4.81. The average Bonchev–Trinajstić information content (AvgIpc) is 3.17. The summed E-state index contributed by atoms with van der Waals surface area (Å²) < 4.78 is 12.9. The smallest absolute Gasteiger partial charge is 0.336 e. The molecular formula is C23H21N3O4. The molecule has 152 valence electrons. The van der Waals surface area contributed by atoms with E-state index in [4.69, 9.17) is 9.15 Å². The van der Waals surface area contributed by atoms with Crippen LogP contribution in [0, 0.1) is 6.92 Å². The molecule has 1 atom stereocenters. The van der Waals surface area contributed by atoms with Gasteiger partial charge >= 0.3 is 5.63 Å². The minimum Gasteiger partial charge on any atom is -0.481 e. The molecule has 0 saturated heterocycles. The Morgan fingerprint density at radius 2 is 2.00 bits per heavy atom. The van der Waals surface area contributed by atoms with Crippen molar-refractivity contribution in [2.24, 2.45) is 0 Å². The first-order valence-corrected chi connectivity index (χ1v) is 9.58. The molecule has 2 heterocycles. The van der Waals surface area contributed by atoms with E-state index in [-0.39, 0.29) is 5.91 Å². The molecule has 4 rings (SSSR count). The van der Waals surface area contributed by atoms with E-state index in [1.54, 1.807) is 37.4 Å². The molecule has 4 aromatic rings. The number of hydrogen-bond donors (Lipinski definition) is 1. The van der Waals surface area contributed by atoms with Crippen molar-refractivity contribution in [3.63, 3.8) is 0 Å². The Balaban J connectivity index is 1.44. The van der Waals surface area contributed by atoms with Crippen molar-refractivity contribution in [3.05, 3.63) is 88.8 Å². The number of rotatable bonds is 6. The summed E-state index contributed by atoms with van der Waals surface area (Å²) in [7, 11) is 0. The molecule has 7 heteroatoms. The van der Waals surface area contributed by atoms with Crippen molar-refractivity contribution in [3.8, 4) is 11.4 Å². The molecule has 0 spiro atoms. The standard InChI is InChI=1S/C23H21N3O4/c1-15(29-19-9-7-17-8-10-22(27)30-21(17)13-19)23(28)25-14-18-5-3-4-6-20(18)26-12-11-24-16(26)2/h3-13,15H,14H2,1-2H3,(H,25,28). The van der Waals surface area contributed by atoms with Crippen molar-refractivity contribution in [2.75, 3.05) is 0 Å². The fourth-order valence-corrected chi connectivity index (χ4v) is 3.23. The Morgan fingerprint density at radius 3 is 2.80 bits per heavy atom. The minimum absolute atomic E-state index is 0.248. The van der Waals surface area contributed by atoms with E-state index < -0.39 is 11.7 Å². The van der Waals surface area contributed by atoms with Crippen molar-refractivity contribution < 1.29 is 13.9 Å². The lowest BCUT2D eigenvalue weighted by Crippen LogP contribution is -2.36. The number of carbonyl (C=O) groups is 1. The molecule has 0 saturated carbocycles. The summed E-state index contributed by atoms with van der Waals surface area (Å²) in [6, 6.07) is 16.0. The van der Waals surface area contributed by atoms with Gasteiger partial charge in [-0.2, -0.15) is 0 Å². The first-order chi connectivity index (χ1) is 14.5. The normalized spacial score (nSPS) is 11.9. The van der Waals surface area contributed by atoms with Crippen LogP contribution in [0.25, 0.3) is 16.7 Å². The van der Waals surface area contributed by atoms with E-state index in [0.717, 1.165) is 22.5 Å². The van der Waals surface area contributed by atoms with Crippen molar-refractivity contribution in [2.45, 2.75) is 26.5 Å². The molecule has 1 amide bonds. The van der Waals surface area contributed by atoms with Crippen LogP contribution in [0.4, 0.5) is 0 Å². The molecule has 30 heavy (non-hydrogen) atoms. The number of nitrogens with zero attached hydrogens (tertiary/aromatic N) is 2. The van der Waals surface area contributed by atoms with Crippen molar-refractivity contribution >= 4 is 16.9 Å². The predicted octanol–water partition coefficient (Wildman–Crippen LogP) is 3.37. The minimum atomic E-state index is -0.722. The highest BCUT2D eigenvalue weighted by Gasteiger charge is 2.16. The summed E-state index contributed by atoms with van der Waals surface area (Å²) in [6.07, 6.45) is 2.91. The number of nitrogens with one attached hydrogen (secondary N) is 1. The lowest BCUT2D eigenvalue weighted by Gasteiger charge is -2.16. The van der Waals surface area contributed by atoms with E-state index in [1.165, 1.54) is 6.07 Å². The van der Waals surface area contributed by atoms with Gasteiger partial charge in [0, 0.05) is 36.5 Å².